The van der Waals surface area contributed by atoms with Crippen LogP contribution in [0.25, 0.3) is 0 Å². The first-order valence-electron chi connectivity index (χ1n) is 9.05. The second-order valence-electron chi connectivity index (χ2n) is 7.08. The molecule has 4 heteroatoms. The van der Waals surface area contributed by atoms with E-state index in [2.05, 4.69) is 16.3 Å². The molecule has 1 fully saturated rings. The molecule has 1 spiro atoms. The van der Waals surface area contributed by atoms with Gasteiger partial charge in [-0.15, -0.1) is 0 Å². The fraction of sp³-hybridized carbons (Fsp3) is 0.381. The monoisotopic (exact) mass is 336 g/mol. The Morgan fingerprint density at radius 3 is 2.72 bits per heavy atom. The molecule has 2 aliphatic rings. The molecule has 25 heavy (non-hydrogen) atoms. The molecule has 2 aromatic carbocycles. The Hall–Kier alpha value is -2.33. The average molecular weight is 336 g/mol. The van der Waals surface area contributed by atoms with Crippen molar-refractivity contribution >= 4 is 5.91 Å². The molecule has 0 radical (unpaired) electrons. The van der Waals surface area contributed by atoms with E-state index in [9.17, 15) is 4.79 Å². The van der Waals surface area contributed by atoms with Crippen LogP contribution in [0.1, 0.15) is 28.8 Å². The second kappa shape index (κ2) is 6.89. The number of para-hydroxylation sites is 1. The third-order valence-electron chi connectivity index (χ3n) is 5.37. The van der Waals surface area contributed by atoms with E-state index in [-0.39, 0.29) is 11.4 Å². The number of ether oxygens (including phenoxy) is 1. The van der Waals surface area contributed by atoms with E-state index >= 15 is 0 Å². The Bertz CT molecular complexity index is 747. The summed E-state index contributed by atoms with van der Waals surface area (Å²) in [6.07, 6.45) is 2.98. The van der Waals surface area contributed by atoms with Gasteiger partial charge in [-0.1, -0.05) is 36.4 Å². The highest BCUT2D eigenvalue weighted by atomic mass is 16.5. The van der Waals surface area contributed by atoms with Crippen LogP contribution < -0.4 is 10.1 Å². The summed E-state index contributed by atoms with van der Waals surface area (Å²) in [4.78, 5) is 15.0. The van der Waals surface area contributed by atoms with E-state index < -0.39 is 0 Å². The lowest BCUT2D eigenvalue weighted by atomic mass is 9.91. The van der Waals surface area contributed by atoms with Crippen molar-refractivity contribution in [3.05, 3.63) is 65.7 Å². The highest BCUT2D eigenvalue weighted by molar-refractivity contribution is 5.96. The van der Waals surface area contributed by atoms with Crippen LogP contribution >= 0.6 is 0 Å². The molecule has 0 aromatic heterocycles. The molecule has 2 heterocycles. The lowest BCUT2D eigenvalue weighted by Gasteiger charge is -2.29. The van der Waals surface area contributed by atoms with Gasteiger partial charge in [0.25, 0.3) is 5.91 Å². The quantitative estimate of drug-likeness (QED) is 0.933. The number of hydrogen-bond acceptors (Lipinski definition) is 3. The summed E-state index contributed by atoms with van der Waals surface area (Å²) >= 11 is 0. The number of likely N-dealkylation sites (tertiary alicyclic amines) is 1. The standard InChI is InChI=1S/C21H24N2O2/c24-20-19-9-5-4-6-17(19)10-11-21(22-20)12-13-23(16-21)14-15-25-18-7-2-1-3-8-18/h1-9H,10-16H2,(H,22,24). The molecule has 1 N–H and O–H groups in total. The lowest BCUT2D eigenvalue weighted by Crippen LogP contribution is -2.49. The van der Waals surface area contributed by atoms with Crippen molar-refractivity contribution in [3.63, 3.8) is 0 Å². The van der Waals surface area contributed by atoms with Crippen LogP contribution in [0, 0.1) is 0 Å². The van der Waals surface area contributed by atoms with Crippen LogP contribution in [-0.4, -0.2) is 42.6 Å². The topological polar surface area (TPSA) is 41.6 Å². The Labute approximate surface area is 148 Å². The minimum absolute atomic E-state index is 0.0792. The molecule has 4 rings (SSSR count). The molecule has 4 nitrogen and oxygen atoms in total. The van der Waals surface area contributed by atoms with Gasteiger partial charge in [0.1, 0.15) is 12.4 Å². The zero-order valence-corrected chi connectivity index (χ0v) is 14.4. The minimum atomic E-state index is -0.0944. The molecule has 1 unspecified atom stereocenters. The molecule has 1 amide bonds. The number of hydrogen-bond donors (Lipinski definition) is 1. The van der Waals surface area contributed by atoms with Gasteiger partial charge in [-0.3, -0.25) is 9.69 Å². The van der Waals surface area contributed by atoms with E-state index in [1.54, 1.807) is 0 Å². The van der Waals surface area contributed by atoms with Gasteiger partial charge in [0.15, 0.2) is 0 Å². The van der Waals surface area contributed by atoms with Gasteiger partial charge in [0, 0.05) is 25.2 Å². The third kappa shape index (κ3) is 3.54. The fourth-order valence-electron chi connectivity index (χ4n) is 3.97. The van der Waals surface area contributed by atoms with E-state index in [4.69, 9.17) is 4.74 Å². The average Bonchev–Trinajstić information content (AvgIpc) is 2.97. The number of nitrogens with one attached hydrogen (secondary N) is 1. The van der Waals surface area contributed by atoms with Crippen LogP contribution in [0.2, 0.25) is 0 Å². The van der Waals surface area contributed by atoms with Gasteiger partial charge in [-0.25, -0.2) is 0 Å². The van der Waals surface area contributed by atoms with Crippen molar-refractivity contribution in [2.24, 2.45) is 0 Å². The fourth-order valence-corrected chi connectivity index (χ4v) is 3.97. The third-order valence-corrected chi connectivity index (χ3v) is 5.37. The van der Waals surface area contributed by atoms with Crippen molar-refractivity contribution in [3.8, 4) is 5.75 Å². The van der Waals surface area contributed by atoms with Gasteiger partial charge in [0.05, 0.1) is 5.54 Å². The molecule has 1 atom stereocenters. The predicted molar refractivity (Wildman–Crippen MR) is 98.0 cm³/mol. The highest BCUT2D eigenvalue weighted by Gasteiger charge is 2.40. The number of carbonyl (C=O) groups excluding carboxylic acids is 1. The normalized spacial score (nSPS) is 23.1. The molecule has 0 saturated carbocycles. The maximum atomic E-state index is 12.6. The van der Waals surface area contributed by atoms with Crippen LogP contribution in [0.5, 0.6) is 5.75 Å². The van der Waals surface area contributed by atoms with Crippen LogP contribution in [-0.2, 0) is 6.42 Å². The van der Waals surface area contributed by atoms with E-state index in [1.165, 1.54) is 5.56 Å². The number of fused-ring (bicyclic) bond motifs is 1. The van der Waals surface area contributed by atoms with Crippen molar-refractivity contribution in [2.75, 3.05) is 26.2 Å². The number of nitrogens with zero attached hydrogens (tertiary/aromatic N) is 1. The first-order chi connectivity index (χ1) is 12.2. The van der Waals surface area contributed by atoms with Crippen LogP contribution in [0.3, 0.4) is 0 Å². The summed E-state index contributed by atoms with van der Waals surface area (Å²) < 4.78 is 5.81. The Morgan fingerprint density at radius 1 is 1.04 bits per heavy atom. The molecule has 0 bridgehead atoms. The van der Waals surface area contributed by atoms with Crippen LogP contribution in [0.15, 0.2) is 54.6 Å². The van der Waals surface area contributed by atoms with Crippen molar-refractivity contribution in [1.29, 1.82) is 0 Å². The molecular weight excluding hydrogens is 312 g/mol. The van der Waals surface area contributed by atoms with Gasteiger partial charge >= 0.3 is 0 Å². The summed E-state index contributed by atoms with van der Waals surface area (Å²) in [5.74, 6) is 0.991. The zero-order chi connectivity index (χ0) is 17.1. The Morgan fingerprint density at radius 2 is 1.84 bits per heavy atom. The molecule has 130 valence electrons. The highest BCUT2D eigenvalue weighted by Crippen LogP contribution is 2.30. The number of rotatable bonds is 4. The molecule has 1 saturated heterocycles. The first kappa shape index (κ1) is 16.2. The molecule has 0 aliphatic carbocycles. The SMILES string of the molecule is O=C1NC2(CCc3ccccc31)CCN(CCOc1ccccc1)C2. The summed E-state index contributed by atoms with van der Waals surface area (Å²) in [5, 5.41) is 3.33. The number of benzene rings is 2. The van der Waals surface area contributed by atoms with E-state index in [1.807, 2.05) is 48.5 Å². The van der Waals surface area contributed by atoms with Crippen molar-refractivity contribution in [2.45, 2.75) is 24.8 Å². The first-order valence-corrected chi connectivity index (χ1v) is 9.05. The zero-order valence-electron chi connectivity index (χ0n) is 14.4. The number of aryl methyl sites for hydroxylation is 1. The summed E-state index contributed by atoms with van der Waals surface area (Å²) in [5.41, 5.74) is 1.91. The Balaban J connectivity index is 1.35. The van der Waals surface area contributed by atoms with E-state index in [0.717, 1.165) is 50.2 Å². The van der Waals surface area contributed by atoms with Crippen molar-refractivity contribution in [1.82, 2.24) is 10.2 Å². The maximum Gasteiger partial charge on any atom is 0.252 e. The van der Waals surface area contributed by atoms with Gasteiger partial charge in [0.2, 0.25) is 0 Å². The van der Waals surface area contributed by atoms with E-state index in [0.29, 0.717) is 6.61 Å². The summed E-state index contributed by atoms with van der Waals surface area (Å²) in [7, 11) is 0. The summed E-state index contributed by atoms with van der Waals surface area (Å²) in [6.45, 7) is 3.48. The lowest BCUT2D eigenvalue weighted by molar-refractivity contribution is 0.0901. The van der Waals surface area contributed by atoms with Crippen molar-refractivity contribution < 1.29 is 9.53 Å². The van der Waals surface area contributed by atoms with Gasteiger partial charge in [-0.2, -0.15) is 0 Å². The summed E-state index contributed by atoms with van der Waals surface area (Å²) in [6, 6.07) is 17.9. The molecular formula is C21H24N2O2. The number of amides is 1. The largest absolute Gasteiger partial charge is 0.492 e. The second-order valence-corrected chi connectivity index (χ2v) is 7.08. The minimum Gasteiger partial charge on any atom is -0.492 e. The molecule has 2 aromatic rings. The predicted octanol–water partition coefficient (Wildman–Crippen LogP) is 2.89. The maximum absolute atomic E-state index is 12.6. The smallest absolute Gasteiger partial charge is 0.252 e. The van der Waals surface area contributed by atoms with Gasteiger partial charge < -0.3 is 10.1 Å². The molecule has 2 aliphatic heterocycles. The van der Waals surface area contributed by atoms with Crippen LogP contribution in [0.4, 0.5) is 0 Å². The number of carbonyl (C=O) groups is 1. The van der Waals surface area contributed by atoms with Gasteiger partial charge in [-0.05, 0) is 43.0 Å². The Kier molecular flexibility index (Phi) is 4.45.